The van der Waals surface area contributed by atoms with Gasteiger partial charge in [-0.05, 0) is 43.4 Å². The van der Waals surface area contributed by atoms with Crippen molar-refractivity contribution in [1.82, 2.24) is 0 Å². The maximum absolute atomic E-state index is 5.70. The lowest BCUT2D eigenvalue weighted by Gasteiger charge is -2.12. The molecule has 1 aliphatic rings. The van der Waals surface area contributed by atoms with E-state index in [2.05, 4.69) is 18.3 Å². The first-order valence-corrected chi connectivity index (χ1v) is 6.79. The number of rotatable bonds is 7. The van der Waals surface area contributed by atoms with Crippen molar-refractivity contribution in [3.63, 3.8) is 0 Å². The normalized spacial score (nSPS) is 14.5. The van der Waals surface area contributed by atoms with Gasteiger partial charge in [-0.2, -0.15) is 0 Å². The molecule has 1 aliphatic carbocycles. The van der Waals surface area contributed by atoms with Crippen LogP contribution in [0.2, 0.25) is 0 Å². The molecule has 0 amide bonds. The molecule has 0 atom stereocenters. The molecule has 1 saturated carbocycles. The second-order valence-corrected chi connectivity index (χ2v) is 5.30. The summed E-state index contributed by atoms with van der Waals surface area (Å²) in [7, 11) is 0. The van der Waals surface area contributed by atoms with Crippen LogP contribution in [0.3, 0.4) is 0 Å². The number of benzene rings is 1. The summed E-state index contributed by atoms with van der Waals surface area (Å²) in [5.74, 6) is 0.816. The number of hydrogen-bond donors (Lipinski definition) is 2. The Bertz CT molecular complexity index is 430. The standard InChI is InChI=1S/C14H20N2OS/c1-10-2-5-12(14(15)18)13(8-10)16-6-7-17-9-11-3-4-11/h2,5,8,11,16H,3-4,6-7,9H2,1H3,(H2,15,18). The van der Waals surface area contributed by atoms with Crippen LogP contribution < -0.4 is 11.1 Å². The third kappa shape index (κ3) is 3.96. The molecular formula is C14H20N2OS. The molecule has 0 aliphatic heterocycles. The molecule has 3 N–H and O–H groups in total. The lowest BCUT2D eigenvalue weighted by molar-refractivity contribution is 0.134. The Morgan fingerprint density at radius 2 is 2.28 bits per heavy atom. The Kier molecular flexibility index (Phi) is 4.55. The summed E-state index contributed by atoms with van der Waals surface area (Å²) in [6.45, 7) is 4.46. The van der Waals surface area contributed by atoms with Gasteiger partial charge in [-0.25, -0.2) is 0 Å². The SMILES string of the molecule is Cc1ccc(C(N)=S)c(NCCOCC2CC2)c1. The van der Waals surface area contributed by atoms with E-state index in [0.29, 0.717) is 4.99 Å². The number of nitrogens with two attached hydrogens (primary N) is 1. The van der Waals surface area contributed by atoms with E-state index in [9.17, 15) is 0 Å². The van der Waals surface area contributed by atoms with E-state index in [1.54, 1.807) is 0 Å². The van der Waals surface area contributed by atoms with Gasteiger partial charge in [0.05, 0.1) is 6.61 Å². The van der Waals surface area contributed by atoms with Gasteiger partial charge in [0.15, 0.2) is 0 Å². The van der Waals surface area contributed by atoms with Crippen LogP contribution in [0, 0.1) is 12.8 Å². The smallest absolute Gasteiger partial charge is 0.106 e. The van der Waals surface area contributed by atoms with E-state index < -0.39 is 0 Å². The zero-order valence-electron chi connectivity index (χ0n) is 10.7. The second-order valence-electron chi connectivity index (χ2n) is 4.86. The minimum absolute atomic E-state index is 0.427. The largest absolute Gasteiger partial charge is 0.389 e. The summed E-state index contributed by atoms with van der Waals surface area (Å²) in [6, 6.07) is 6.05. The van der Waals surface area contributed by atoms with Crippen molar-refractivity contribution < 1.29 is 4.74 Å². The fraction of sp³-hybridized carbons (Fsp3) is 0.500. The monoisotopic (exact) mass is 264 g/mol. The summed E-state index contributed by atoms with van der Waals surface area (Å²) in [5.41, 5.74) is 8.79. The summed E-state index contributed by atoms with van der Waals surface area (Å²) < 4.78 is 5.58. The molecule has 0 bridgehead atoms. The Labute approximate surface area is 114 Å². The molecule has 0 saturated heterocycles. The summed E-state index contributed by atoms with van der Waals surface area (Å²) >= 11 is 5.04. The Morgan fingerprint density at radius 1 is 1.50 bits per heavy atom. The lowest BCUT2D eigenvalue weighted by atomic mass is 10.1. The van der Waals surface area contributed by atoms with Crippen molar-refractivity contribution >= 4 is 22.9 Å². The number of nitrogens with one attached hydrogen (secondary N) is 1. The minimum atomic E-state index is 0.427. The predicted octanol–water partition coefficient (Wildman–Crippen LogP) is 2.47. The van der Waals surface area contributed by atoms with Gasteiger partial charge < -0.3 is 15.8 Å². The summed E-state index contributed by atoms with van der Waals surface area (Å²) in [4.78, 5) is 0.427. The molecule has 18 heavy (non-hydrogen) atoms. The van der Waals surface area contributed by atoms with Crippen molar-refractivity contribution in [2.24, 2.45) is 11.7 Å². The van der Waals surface area contributed by atoms with Crippen molar-refractivity contribution in [2.75, 3.05) is 25.1 Å². The summed E-state index contributed by atoms with van der Waals surface area (Å²) in [5, 5.41) is 3.34. The average molecular weight is 264 g/mol. The molecule has 0 aromatic heterocycles. The van der Waals surface area contributed by atoms with Gasteiger partial charge in [-0.3, -0.25) is 0 Å². The molecule has 2 rings (SSSR count). The maximum atomic E-state index is 5.70. The van der Waals surface area contributed by atoms with Gasteiger partial charge in [0, 0.05) is 24.4 Å². The van der Waals surface area contributed by atoms with Crippen LogP contribution in [0.1, 0.15) is 24.0 Å². The molecule has 1 fully saturated rings. The topological polar surface area (TPSA) is 47.3 Å². The molecule has 0 heterocycles. The van der Waals surface area contributed by atoms with Crippen LogP contribution in [0.5, 0.6) is 0 Å². The number of aryl methyl sites for hydroxylation is 1. The van der Waals surface area contributed by atoms with Crippen LogP contribution in [0.4, 0.5) is 5.69 Å². The van der Waals surface area contributed by atoms with Gasteiger partial charge in [0.1, 0.15) is 4.99 Å². The molecule has 0 spiro atoms. The Balaban J connectivity index is 1.82. The third-order valence-electron chi connectivity index (χ3n) is 3.05. The van der Waals surface area contributed by atoms with Crippen molar-refractivity contribution in [3.05, 3.63) is 29.3 Å². The van der Waals surface area contributed by atoms with Gasteiger partial charge in [0.2, 0.25) is 0 Å². The van der Waals surface area contributed by atoms with E-state index in [-0.39, 0.29) is 0 Å². The van der Waals surface area contributed by atoms with Gasteiger partial charge in [-0.15, -0.1) is 0 Å². The van der Waals surface area contributed by atoms with Gasteiger partial charge >= 0.3 is 0 Å². The predicted molar refractivity (Wildman–Crippen MR) is 79.1 cm³/mol. The number of ether oxygens (including phenoxy) is 1. The van der Waals surface area contributed by atoms with E-state index >= 15 is 0 Å². The number of anilines is 1. The van der Waals surface area contributed by atoms with E-state index in [4.69, 9.17) is 22.7 Å². The van der Waals surface area contributed by atoms with Crippen molar-refractivity contribution in [1.29, 1.82) is 0 Å². The first kappa shape index (κ1) is 13.3. The van der Waals surface area contributed by atoms with E-state index in [1.165, 1.54) is 18.4 Å². The van der Waals surface area contributed by atoms with Crippen LogP contribution >= 0.6 is 12.2 Å². The zero-order chi connectivity index (χ0) is 13.0. The highest BCUT2D eigenvalue weighted by atomic mass is 32.1. The molecule has 0 unspecified atom stereocenters. The van der Waals surface area contributed by atoms with Crippen LogP contribution in [-0.2, 0) is 4.74 Å². The fourth-order valence-corrected chi connectivity index (χ4v) is 1.99. The molecule has 3 nitrogen and oxygen atoms in total. The molecule has 4 heteroatoms. The average Bonchev–Trinajstić information content (AvgIpc) is 3.12. The van der Waals surface area contributed by atoms with Crippen LogP contribution in [0.15, 0.2) is 18.2 Å². The Hall–Kier alpha value is -1.13. The number of thiocarbonyl (C=S) groups is 1. The molecule has 98 valence electrons. The van der Waals surface area contributed by atoms with Gasteiger partial charge in [-0.1, -0.05) is 18.3 Å². The lowest BCUT2D eigenvalue weighted by Crippen LogP contribution is -2.16. The third-order valence-corrected chi connectivity index (χ3v) is 3.27. The highest BCUT2D eigenvalue weighted by Crippen LogP contribution is 2.28. The van der Waals surface area contributed by atoms with Crippen molar-refractivity contribution in [3.8, 4) is 0 Å². The zero-order valence-corrected chi connectivity index (χ0v) is 11.6. The molecule has 0 radical (unpaired) electrons. The summed E-state index contributed by atoms with van der Waals surface area (Å²) in [6.07, 6.45) is 2.66. The van der Waals surface area contributed by atoms with Crippen LogP contribution in [-0.4, -0.2) is 24.7 Å². The minimum Gasteiger partial charge on any atom is -0.389 e. The maximum Gasteiger partial charge on any atom is 0.106 e. The van der Waals surface area contributed by atoms with Crippen molar-refractivity contribution in [2.45, 2.75) is 19.8 Å². The first-order valence-electron chi connectivity index (χ1n) is 6.39. The van der Waals surface area contributed by atoms with Gasteiger partial charge in [0.25, 0.3) is 0 Å². The first-order chi connectivity index (χ1) is 8.66. The molecular weight excluding hydrogens is 244 g/mol. The Morgan fingerprint density at radius 3 is 2.94 bits per heavy atom. The number of hydrogen-bond acceptors (Lipinski definition) is 3. The molecule has 1 aromatic carbocycles. The molecule has 1 aromatic rings. The van der Waals surface area contributed by atoms with E-state index in [1.807, 2.05) is 12.1 Å². The fourth-order valence-electron chi connectivity index (χ4n) is 1.81. The highest BCUT2D eigenvalue weighted by molar-refractivity contribution is 7.80. The quantitative estimate of drug-likeness (QED) is 0.587. The second kappa shape index (κ2) is 6.16. The van der Waals surface area contributed by atoms with Crippen LogP contribution in [0.25, 0.3) is 0 Å². The van der Waals surface area contributed by atoms with E-state index in [0.717, 1.165) is 36.9 Å². The highest BCUT2D eigenvalue weighted by Gasteiger charge is 2.20.